The molecular weight excluding hydrogens is 210 g/mol. The molecule has 96 valence electrons. The van der Waals surface area contributed by atoms with Crippen molar-refractivity contribution in [3.63, 3.8) is 0 Å². The number of rotatable bonds is 9. The first kappa shape index (κ1) is 15.3. The molecule has 0 fully saturated rings. The first-order chi connectivity index (χ1) is 7.67. The molecule has 0 amide bonds. The van der Waals surface area contributed by atoms with Crippen molar-refractivity contribution in [2.24, 2.45) is 0 Å². The predicted molar refractivity (Wildman–Crippen MR) is 61.2 cm³/mol. The SMILES string of the molecule is CCCN(CC(=O)OCC)CC(OC)OC. The zero-order chi connectivity index (χ0) is 12.4. The summed E-state index contributed by atoms with van der Waals surface area (Å²) in [6.07, 6.45) is 0.667. The van der Waals surface area contributed by atoms with Crippen LogP contribution in [0.2, 0.25) is 0 Å². The Labute approximate surface area is 97.7 Å². The van der Waals surface area contributed by atoms with E-state index < -0.39 is 0 Å². The molecular formula is C11H23NO4. The largest absolute Gasteiger partial charge is 0.465 e. The van der Waals surface area contributed by atoms with E-state index in [1.165, 1.54) is 0 Å². The highest BCUT2D eigenvalue weighted by Crippen LogP contribution is 1.99. The van der Waals surface area contributed by atoms with Gasteiger partial charge in [-0.15, -0.1) is 0 Å². The Morgan fingerprint density at radius 1 is 1.25 bits per heavy atom. The molecule has 0 aliphatic carbocycles. The number of carbonyl (C=O) groups is 1. The highest BCUT2D eigenvalue weighted by Gasteiger charge is 2.15. The summed E-state index contributed by atoms with van der Waals surface area (Å²) in [6.45, 7) is 5.95. The summed E-state index contributed by atoms with van der Waals surface area (Å²) in [5.41, 5.74) is 0. The number of nitrogens with zero attached hydrogens (tertiary/aromatic N) is 1. The molecule has 0 saturated heterocycles. The molecule has 0 N–H and O–H groups in total. The molecule has 16 heavy (non-hydrogen) atoms. The third kappa shape index (κ3) is 6.76. The third-order valence-electron chi connectivity index (χ3n) is 2.13. The van der Waals surface area contributed by atoms with Gasteiger partial charge in [0.1, 0.15) is 0 Å². The molecule has 0 saturated carbocycles. The molecule has 0 aliphatic heterocycles. The van der Waals surface area contributed by atoms with Crippen LogP contribution in [-0.4, -0.2) is 57.6 Å². The van der Waals surface area contributed by atoms with Crippen LogP contribution in [0.3, 0.4) is 0 Å². The fourth-order valence-electron chi connectivity index (χ4n) is 1.40. The van der Waals surface area contributed by atoms with Crippen molar-refractivity contribution in [3.05, 3.63) is 0 Å². The van der Waals surface area contributed by atoms with E-state index in [1.54, 1.807) is 21.1 Å². The summed E-state index contributed by atoms with van der Waals surface area (Å²) in [4.78, 5) is 13.3. The van der Waals surface area contributed by atoms with Gasteiger partial charge in [0.25, 0.3) is 0 Å². The number of ether oxygens (including phenoxy) is 3. The number of hydrogen-bond donors (Lipinski definition) is 0. The zero-order valence-corrected chi connectivity index (χ0v) is 10.7. The van der Waals surface area contributed by atoms with Gasteiger partial charge in [0.2, 0.25) is 0 Å². The van der Waals surface area contributed by atoms with Gasteiger partial charge >= 0.3 is 5.97 Å². The van der Waals surface area contributed by atoms with Gasteiger partial charge in [0.05, 0.1) is 19.7 Å². The molecule has 0 aromatic carbocycles. The van der Waals surface area contributed by atoms with Crippen molar-refractivity contribution in [1.82, 2.24) is 4.90 Å². The predicted octanol–water partition coefficient (Wildman–Crippen LogP) is 0.880. The van der Waals surface area contributed by atoms with E-state index in [1.807, 2.05) is 4.90 Å². The maximum atomic E-state index is 11.3. The normalized spacial score (nSPS) is 11.1. The van der Waals surface area contributed by atoms with Crippen LogP contribution in [0.15, 0.2) is 0 Å². The molecule has 0 radical (unpaired) electrons. The Kier molecular flexibility index (Phi) is 9.18. The summed E-state index contributed by atoms with van der Waals surface area (Å²) in [5, 5.41) is 0. The quantitative estimate of drug-likeness (QED) is 0.437. The van der Waals surface area contributed by atoms with Crippen LogP contribution >= 0.6 is 0 Å². The zero-order valence-electron chi connectivity index (χ0n) is 10.7. The van der Waals surface area contributed by atoms with Crippen LogP contribution in [0.25, 0.3) is 0 Å². The van der Waals surface area contributed by atoms with E-state index in [4.69, 9.17) is 14.2 Å². The van der Waals surface area contributed by atoms with E-state index in [-0.39, 0.29) is 18.8 Å². The Hall–Kier alpha value is -0.650. The standard InChI is InChI=1S/C11H23NO4/c1-5-7-12(8-10(13)16-6-2)9-11(14-3)15-4/h11H,5-9H2,1-4H3. The molecule has 0 unspecified atom stereocenters. The second-order valence-corrected chi connectivity index (χ2v) is 3.44. The minimum atomic E-state index is -0.305. The van der Waals surface area contributed by atoms with Gasteiger partial charge in [-0.2, -0.15) is 0 Å². The fraction of sp³-hybridized carbons (Fsp3) is 0.909. The molecule has 0 aromatic rings. The van der Waals surface area contributed by atoms with Gasteiger partial charge in [-0.1, -0.05) is 6.92 Å². The van der Waals surface area contributed by atoms with Crippen LogP contribution in [0.5, 0.6) is 0 Å². The highest BCUT2D eigenvalue weighted by atomic mass is 16.7. The van der Waals surface area contributed by atoms with Crippen LogP contribution in [0.1, 0.15) is 20.3 Å². The Morgan fingerprint density at radius 3 is 2.31 bits per heavy atom. The Morgan fingerprint density at radius 2 is 1.88 bits per heavy atom. The van der Waals surface area contributed by atoms with Crippen molar-refractivity contribution >= 4 is 5.97 Å². The monoisotopic (exact) mass is 233 g/mol. The molecule has 0 heterocycles. The molecule has 5 nitrogen and oxygen atoms in total. The summed E-state index contributed by atoms with van der Waals surface area (Å²) >= 11 is 0. The lowest BCUT2D eigenvalue weighted by atomic mass is 10.4. The van der Waals surface area contributed by atoms with Crippen LogP contribution in [0, 0.1) is 0 Å². The summed E-state index contributed by atoms with van der Waals surface area (Å²) in [6, 6.07) is 0. The molecule has 0 rings (SSSR count). The van der Waals surface area contributed by atoms with Gasteiger partial charge in [-0.25, -0.2) is 0 Å². The molecule has 5 heteroatoms. The number of methoxy groups -OCH3 is 2. The van der Waals surface area contributed by atoms with Crippen molar-refractivity contribution < 1.29 is 19.0 Å². The third-order valence-corrected chi connectivity index (χ3v) is 2.13. The first-order valence-corrected chi connectivity index (χ1v) is 5.61. The summed E-state index contributed by atoms with van der Waals surface area (Å²) in [7, 11) is 3.17. The average molecular weight is 233 g/mol. The maximum absolute atomic E-state index is 11.3. The molecule has 0 spiro atoms. The number of esters is 1. The van der Waals surface area contributed by atoms with E-state index in [0.29, 0.717) is 13.2 Å². The fourth-order valence-corrected chi connectivity index (χ4v) is 1.40. The van der Waals surface area contributed by atoms with Gasteiger partial charge in [-0.05, 0) is 19.9 Å². The molecule has 0 aliphatic rings. The van der Waals surface area contributed by atoms with Crippen molar-refractivity contribution in [1.29, 1.82) is 0 Å². The second kappa shape index (κ2) is 9.57. The maximum Gasteiger partial charge on any atom is 0.320 e. The number of hydrogen-bond acceptors (Lipinski definition) is 5. The van der Waals surface area contributed by atoms with Crippen molar-refractivity contribution in [2.45, 2.75) is 26.6 Å². The average Bonchev–Trinajstić information content (AvgIpc) is 2.26. The first-order valence-electron chi connectivity index (χ1n) is 5.61. The smallest absolute Gasteiger partial charge is 0.320 e. The van der Waals surface area contributed by atoms with Gasteiger partial charge in [-0.3, -0.25) is 9.69 Å². The Bertz CT molecular complexity index is 183. The van der Waals surface area contributed by atoms with Crippen LogP contribution in [0.4, 0.5) is 0 Å². The van der Waals surface area contributed by atoms with Gasteiger partial charge < -0.3 is 14.2 Å². The van der Waals surface area contributed by atoms with Crippen LogP contribution < -0.4 is 0 Å². The number of carbonyl (C=O) groups excluding carboxylic acids is 1. The summed E-state index contributed by atoms with van der Waals surface area (Å²) < 4.78 is 15.1. The van der Waals surface area contributed by atoms with Crippen molar-refractivity contribution in [2.75, 3.05) is 40.5 Å². The summed E-state index contributed by atoms with van der Waals surface area (Å²) in [5.74, 6) is -0.207. The topological polar surface area (TPSA) is 48.0 Å². The van der Waals surface area contributed by atoms with E-state index in [9.17, 15) is 4.79 Å². The molecule has 0 bridgehead atoms. The van der Waals surface area contributed by atoms with E-state index in [2.05, 4.69) is 6.92 Å². The van der Waals surface area contributed by atoms with E-state index in [0.717, 1.165) is 13.0 Å². The Balaban J connectivity index is 4.09. The van der Waals surface area contributed by atoms with Crippen molar-refractivity contribution in [3.8, 4) is 0 Å². The minimum Gasteiger partial charge on any atom is -0.465 e. The lowest BCUT2D eigenvalue weighted by Gasteiger charge is -2.24. The minimum absolute atomic E-state index is 0.207. The van der Waals surface area contributed by atoms with Gasteiger partial charge in [0, 0.05) is 14.2 Å². The molecule has 0 atom stereocenters. The lowest BCUT2D eigenvalue weighted by Crippen LogP contribution is -2.39. The van der Waals surface area contributed by atoms with Crippen LogP contribution in [-0.2, 0) is 19.0 Å². The second-order valence-electron chi connectivity index (χ2n) is 3.44. The molecule has 0 aromatic heterocycles. The van der Waals surface area contributed by atoms with Gasteiger partial charge in [0.15, 0.2) is 6.29 Å². The highest BCUT2D eigenvalue weighted by molar-refractivity contribution is 5.71. The van der Waals surface area contributed by atoms with E-state index >= 15 is 0 Å². The lowest BCUT2D eigenvalue weighted by molar-refractivity contribution is -0.148.